The number of H-pyrrole nitrogens is 3. The van der Waals surface area contributed by atoms with Gasteiger partial charge in [0.15, 0.2) is 11.5 Å². The number of hydrogen-bond donors (Lipinski definition) is 5. The highest BCUT2D eigenvalue weighted by Crippen LogP contribution is 2.24. The fourth-order valence-electron chi connectivity index (χ4n) is 3.59. The van der Waals surface area contributed by atoms with Crippen LogP contribution in [0.25, 0.3) is 22.1 Å². The van der Waals surface area contributed by atoms with Crippen molar-refractivity contribution in [1.82, 2.24) is 29.9 Å². The maximum absolute atomic E-state index is 11.2. The van der Waals surface area contributed by atoms with Gasteiger partial charge in [0.2, 0.25) is 11.5 Å². The Balaban J connectivity index is 1.29. The zero-order chi connectivity index (χ0) is 21.9. The van der Waals surface area contributed by atoms with Crippen LogP contribution in [0, 0.1) is 0 Å². The highest BCUT2D eigenvalue weighted by Gasteiger charge is 2.11. The Kier molecular flexibility index (Phi) is 5.16. The van der Waals surface area contributed by atoms with Crippen LogP contribution in [0.5, 0.6) is 5.75 Å². The van der Waals surface area contributed by atoms with Gasteiger partial charge in [-0.2, -0.15) is 9.97 Å². The van der Waals surface area contributed by atoms with Gasteiger partial charge in [-0.15, -0.1) is 0 Å². The van der Waals surface area contributed by atoms with Crippen LogP contribution in [-0.4, -0.2) is 43.6 Å². The molecule has 0 aliphatic heterocycles. The molecule has 0 atom stereocenters. The lowest BCUT2D eigenvalue weighted by molar-refractivity contribution is 0.415. The van der Waals surface area contributed by atoms with E-state index in [-0.39, 0.29) is 5.56 Å². The van der Waals surface area contributed by atoms with Crippen LogP contribution in [-0.2, 0) is 13.0 Å². The van der Waals surface area contributed by atoms with Crippen molar-refractivity contribution in [3.8, 4) is 5.75 Å². The van der Waals surface area contributed by atoms with Gasteiger partial charge in [0.05, 0.1) is 13.4 Å². The molecule has 4 heterocycles. The van der Waals surface area contributed by atoms with Crippen molar-refractivity contribution >= 4 is 33.8 Å². The maximum atomic E-state index is 11.2. The van der Waals surface area contributed by atoms with E-state index in [1.165, 1.54) is 17.0 Å². The van der Waals surface area contributed by atoms with Crippen LogP contribution >= 0.6 is 0 Å². The number of nitrogens with zero attached hydrogens (tertiary/aromatic N) is 3. The molecule has 0 spiro atoms. The lowest BCUT2D eigenvalue weighted by Crippen LogP contribution is -2.11. The van der Waals surface area contributed by atoms with Gasteiger partial charge in [0, 0.05) is 48.5 Å². The zero-order valence-corrected chi connectivity index (χ0v) is 17.4. The number of aromatic nitrogens is 6. The van der Waals surface area contributed by atoms with Crippen LogP contribution in [0.3, 0.4) is 0 Å². The molecule has 0 unspecified atom stereocenters. The molecule has 10 nitrogen and oxygen atoms in total. The van der Waals surface area contributed by atoms with Gasteiger partial charge in [-0.05, 0) is 29.7 Å². The summed E-state index contributed by atoms with van der Waals surface area (Å²) in [4.78, 5) is 33.6. The van der Waals surface area contributed by atoms with Crippen LogP contribution in [0.15, 0.2) is 53.8 Å². The topological polar surface area (TPSA) is 136 Å². The molecule has 32 heavy (non-hydrogen) atoms. The molecule has 10 heteroatoms. The molecule has 0 saturated heterocycles. The van der Waals surface area contributed by atoms with Crippen LogP contribution in [0.2, 0.25) is 0 Å². The summed E-state index contributed by atoms with van der Waals surface area (Å²) in [6.07, 6.45) is 6.08. The number of benzene rings is 1. The number of pyridine rings is 1. The van der Waals surface area contributed by atoms with E-state index in [9.17, 15) is 4.79 Å². The van der Waals surface area contributed by atoms with Gasteiger partial charge < -0.3 is 30.3 Å². The fourth-order valence-corrected chi connectivity index (χ4v) is 3.59. The molecule has 1 aromatic carbocycles. The summed E-state index contributed by atoms with van der Waals surface area (Å²) in [6, 6.07) is 9.28. The third-order valence-electron chi connectivity index (χ3n) is 5.25. The Hall–Kier alpha value is -4.34. The van der Waals surface area contributed by atoms with Gasteiger partial charge in [-0.1, -0.05) is 6.07 Å². The monoisotopic (exact) mass is 430 g/mol. The fraction of sp³-hybridized carbons (Fsp3) is 0.182. The number of hydrogen-bond acceptors (Lipinski definition) is 7. The SMILES string of the molecule is COc1ccc2c(CCNc3nc(NCc4ccc(=O)[nH]c4)c4[nH]cnc4n3)c[nH]c2c1. The minimum Gasteiger partial charge on any atom is -0.497 e. The van der Waals surface area contributed by atoms with Crippen molar-refractivity contribution in [1.29, 1.82) is 0 Å². The standard InChI is InChI=1S/C22H22N8O2/c1-32-15-3-4-16-14(11-24-17(16)8-15)6-7-23-22-29-20(19-21(30-22)28-12-27-19)26-10-13-2-5-18(31)25-9-13/h2-5,8-9,11-12,24H,6-7,10H2,1H3,(H,25,31)(H3,23,26,27,28,29,30). The van der Waals surface area contributed by atoms with Crippen molar-refractivity contribution in [3.05, 3.63) is 70.5 Å². The molecule has 5 N–H and O–H groups in total. The van der Waals surface area contributed by atoms with Crippen molar-refractivity contribution in [2.45, 2.75) is 13.0 Å². The molecular formula is C22H22N8O2. The number of nitrogens with one attached hydrogen (secondary N) is 5. The molecule has 5 rings (SSSR count). The van der Waals surface area contributed by atoms with Crippen molar-refractivity contribution in [2.75, 3.05) is 24.3 Å². The second-order valence-corrected chi connectivity index (χ2v) is 7.31. The van der Waals surface area contributed by atoms with E-state index in [0.717, 1.165) is 28.8 Å². The number of fused-ring (bicyclic) bond motifs is 2. The first-order valence-corrected chi connectivity index (χ1v) is 10.2. The minimum absolute atomic E-state index is 0.132. The molecule has 0 amide bonds. The number of aromatic amines is 3. The van der Waals surface area contributed by atoms with Gasteiger partial charge >= 0.3 is 0 Å². The molecule has 0 aliphatic carbocycles. The zero-order valence-electron chi connectivity index (χ0n) is 17.4. The summed E-state index contributed by atoms with van der Waals surface area (Å²) in [5, 5.41) is 7.75. The van der Waals surface area contributed by atoms with Crippen molar-refractivity contribution in [3.63, 3.8) is 0 Å². The van der Waals surface area contributed by atoms with E-state index >= 15 is 0 Å². The first-order valence-electron chi connectivity index (χ1n) is 10.2. The Morgan fingerprint density at radius 1 is 1.03 bits per heavy atom. The van der Waals surface area contributed by atoms with Crippen LogP contribution in [0.4, 0.5) is 11.8 Å². The summed E-state index contributed by atoms with van der Waals surface area (Å²) >= 11 is 0. The summed E-state index contributed by atoms with van der Waals surface area (Å²) in [6.45, 7) is 1.16. The van der Waals surface area contributed by atoms with Crippen LogP contribution in [0.1, 0.15) is 11.1 Å². The average Bonchev–Trinajstić information content (AvgIpc) is 3.45. The van der Waals surface area contributed by atoms with Gasteiger partial charge in [-0.25, -0.2) is 4.98 Å². The lowest BCUT2D eigenvalue weighted by Gasteiger charge is -2.09. The van der Waals surface area contributed by atoms with Crippen LogP contribution < -0.4 is 20.9 Å². The Bertz CT molecular complexity index is 1410. The Morgan fingerprint density at radius 3 is 2.81 bits per heavy atom. The Morgan fingerprint density at radius 2 is 1.97 bits per heavy atom. The Labute approximate surface area is 182 Å². The number of ether oxygens (including phenoxy) is 1. The first kappa shape index (κ1) is 19.6. The molecule has 0 saturated carbocycles. The molecule has 0 aliphatic rings. The average molecular weight is 430 g/mol. The van der Waals surface area contributed by atoms with Gasteiger partial charge in [0.25, 0.3) is 0 Å². The van der Waals surface area contributed by atoms with Crippen molar-refractivity contribution < 1.29 is 4.74 Å². The lowest BCUT2D eigenvalue weighted by atomic mass is 10.1. The molecule has 0 radical (unpaired) electrons. The predicted molar refractivity (Wildman–Crippen MR) is 123 cm³/mol. The second kappa shape index (κ2) is 8.42. The normalized spacial score (nSPS) is 11.2. The third kappa shape index (κ3) is 3.97. The summed E-state index contributed by atoms with van der Waals surface area (Å²) in [5.41, 5.74) is 4.35. The molecule has 5 aromatic rings. The minimum atomic E-state index is -0.132. The molecule has 0 bridgehead atoms. The number of methoxy groups -OCH3 is 1. The highest BCUT2D eigenvalue weighted by molar-refractivity contribution is 5.85. The van der Waals surface area contributed by atoms with Gasteiger partial charge in [0.1, 0.15) is 11.3 Å². The van der Waals surface area contributed by atoms with Crippen molar-refractivity contribution in [2.24, 2.45) is 0 Å². The summed E-state index contributed by atoms with van der Waals surface area (Å²) < 4.78 is 5.28. The van der Waals surface area contributed by atoms with E-state index in [1.807, 2.05) is 18.3 Å². The van der Waals surface area contributed by atoms with E-state index < -0.39 is 0 Å². The molecular weight excluding hydrogens is 408 g/mol. The van der Waals surface area contributed by atoms with E-state index in [0.29, 0.717) is 30.5 Å². The second-order valence-electron chi connectivity index (χ2n) is 7.31. The maximum Gasteiger partial charge on any atom is 0.247 e. The van der Waals surface area contributed by atoms with E-state index in [1.54, 1.807) is 25.7 Å². The van der Waals surface area contributed by atoms with E-state index in [4.69, 9.17) is 4.74 Å². The smallest absolute Gasteiger partial charge is 0.247 e. The summed E-state index contributed by atoms with van der Waals surface area (Å²) in [7, 11) is 1.66. The predicted octanol–water partition coefficient (Wildman–Crippen LogP) is 2.80. The third-order valence-corrected chi connectivity index (χ3v) is 5.25. The first-order chi connectivity index (χ1) is 15.7. The molecule has 162 valence electrons. The quantitative estimate of drug-likeness (QED) is 0.255. The van der Waals surface area contributed by atoms with E-state index in [2.05, 4.69) is 46.6 Å². The number of rotatable bonds is 8. The molecule has 0 fully saturated rings. The molecule has 4 aromatic heterocycles. The van der Waals surface area contributed by atoms with Gasteiger partial charge in [-0.3, -0.25) is 4.79 Å². The number of anilines is 2. The number of imidazole rings is 1. The summed E-state index contributed by atoms with van der Waals surface area (Å²) in [5.74, 6) is 1.96. The largest absolute Gasteiger partial charge is 0.497 e. The highest BCUT2D eigenvalue weighted by atomic mass is 16.5.